The van der Waals surface area contributed by atoms with Gasteiger partial charge in [-0.15, -0.1) is 93.1 Å². The van der Waals surface area contributed by atoms with Crippen LogP contribution in [0.1, 0.15) is 0 Å². The lowest BCUT2D eigenvalue weighted by atomic mass is 9.93. The minimum Gasteiger partial charge on any atom is -0.508 e. The van der Waals surface area contributed by atoms with Crippen LogP contribution in [0.2, 0.25) is 0 Å². The van der Waals surface area contributed by atoms with Crippen molar-refractivity contribution in [3.8, 4) is 11.5 Å². The van der Waals surface area contributed by atoms with Gasteiger partial charge in [0, 0.05) is 40.3 Å². The second kappa shape index (κ2) is 17.7. The molecule has 12 aromatic rings. The third-order valence-corrected chi connectivity index (χ3v) is 13.1. The summed E-state index contributed by atoms with van der Waals surface area (Å²) in [7, 11) is 1.73. The van der Waals surface area contributed by atoms with Gasteiger partial charge in [-0.05, 0) is 125 Å². The lowest BCUT2D eigenvalue weighted by Gasteiger charge is -2.12. The number of thiophene rings is 2. The Balaban J connectivity index is 0.000000134. The lowest BCUT2D eigenvalue weighted by molar-refractivity contribution is 0.415. The van der Waals surface area contributed by atoms with Gasteiger partial charge in [-0.1, -0.05) is 97.1 Å². The Morgan fingerprint density at radius 3 is 1.18 bits per heavy atom. The van der Waals surface area contributed by atoms with E-state index >= 15 is 0 Å². The number of phenols is 1. The van der Waals surface area contributed by atoms with Crippen LogP contribution < -0.4 is 4.74 Å². The molecule has 0 aliphatic rings. The second-order valence-electron chi connectivity index (χ2n) is 14.1. The van der Waals surface area contributed by atoms with Crippen molar-refractivity contribution in [3.63, 3.8) is 0 Å². The molecule has 2 nitrogen and oxygen atoms in total. The van der Waals surface area contributed by atoms with Crippen LogP contribution in [0.25, 0.3) is 105 Å². The molecule has 0 spiro atoms. The third kappa shape index (κ3) is 7.70. The van der Waals surface area contributed by atoms with Crippen LogP contribution in [-0.2, 0) is 0 Å². The van der Waals surface area contributed by atoms with Gasteiger partial charge in [0.2, 0.25) is 0 Å². The minimum absolute atomic E-state index is 0.194. The van der Waals surface area contributed by atoms with Gasteiger partial charge < -0.3 is 9.84 Å². The van der Waals surface area contributed by atoms with Crippen LogP contribution in [0.4, 0.5) is 0 Å². The van der Waals surface area contributed by atoms with Crippen LogP contribution in [0.3, 0.4) is 0 Å². The van der Waals surface area contributed by atoms with E-state index in [0.717, 1.165) is 11.1 Å². The smallest absolute Gasteiger partial charge is 0.369 e. The molecule has 0 fully saturated rings. The maximum absolute atomic E-state index is 10.0. The summed E-state index contributed by atoms with van der Waals surface area (Å²) >= 11 is 22.6. The van der Waals surface area contributed by atoms with Gasteiger partial charge in [0.25, 0.3) is 0 Å². The molecule has 0 radical (unpaired) electrons. The number of alkyl halides is 2. The van der Waals surface area contributed by atoms with Crippen molar-refractivity contribution in [2.24, 2.45) is 0 Å². The molecule has 294 valence electrons. The topological polar surface area (TPSA) is 29.5 Å². The number of hydrogen-bond donors (Lipinski definition) is 1. The normalized spacial score (nSPS) is 11.3. The molecule has 0 aliphatic carbocycles. The van der Waals surface area contributed by atoms with E-state index in [9.17, 15) is 5.11 Å². The predicted molar refractivity (Wildman–Crippen MR) is 281 cm³/mol. The van der Waals surface area contributed by atoms with Crippen LogP contribution >= 0.6 is 93.1 Å². The Kier molecular flexibility index (Phi) is 12.2. The molecule has 0 amide bonds. The second-order valence-corrected chi connectivity index (χ2v) is 23.5. The quantitative estimate of drug-likeness (QED) is 0.101. The summed E-state index contributed by atoms with van der Waals surface area (Å²) in [5.41, 5.74) is 0. The number of phenolic OH excluding ortho intramolecular Hbond substituents is 1. The van der Waals surface area contributed by atoms with E-state index in [1.54, 1.807) is 13.2 Å². The van der Waals surface area contributed by atoms with Gasteiger partial charge in [-0.3, -0.25) is 0 Å². The molecular formula is C50H32BBr3Cl2O2S2. The Hall–Kier alpha value is -4.12. The van der Waals surface area contributed by atoms with Crippen molar-refractivity contribution in [1.82, 2.24) is 0 Å². The Bertz CT molecular complexity index is 3570. The Morgan fingerprint density at radius 2 is 0.750 bits per heavy atom. The highest BCUT2D eigenvalue weighted by molar-refractivity contribution is 9.69. The Morgan fingerprint density at radius 1 is 0.417 bits per heavy atom. The van der Waals surface area contributed by atoms with Gasteiger partial charge in [-0.2, -0.15) is 0 Å². The van der Waals surface area contributed by atoms with Gasteiger partial charge in [0.05, 0.1) is 12.4 Å². The molecule has 0 atom stereocenters. The average Bonchev–Trinajstić information content (AvgIpc) is 3.83. The maximum atomic E-state index is 10.0. The first kappa shape index (κ1) is 41.2. The molecule has 0 aliphatic heterocycles. The van der Waals surface area contributed by atoms with E-state index in [1.807, 2.05) is 34.8 Å². The van der Waals surface area contributed by atoms with Gasteiger partial charge in [-0.25, -0.2) is 0 Å². The first-order valence-electron chi connectivity index (χ1n) is 18.9. The predicted octanol–water partition coefficient (Wildman–Crippen LogP) is 18.3. The van der Waals surface area contributed by atoms with Gasteiger partial charge in [0.15, 0.2) is 0 Å². The van der Waals surface area contributed by atoms with Crippen molar-refractivity contribution in [2.75, 3.05) is 12.4 Å². The zero-order valence-electron chi connectivity index (χ0n) is 31.9. The number of rotatable bonds is 1. The van der Waals surface area contributed by atoms with E-state index in [-0.39, 0.29) is 8.52 Å². The summed E-state index contributed by atoms with van der Waals surface area (Å²) in [4.78, 5) is 0. The molecular weight excluding hydrogens is 1020 g/mol. The highest BCUT2D eigenvalue weighted by Gasteiger charge is 2.15. The van der Waals surface area contributed by atoms with Crippen molar-refractivity contribution in [1.29, 1.82) is 0 Å². The molecule has 1 N–H and O–H groups in total. The number of benzene rings is 10. The third-order valence-electron chi connectivity index (χ3n) is 10.9. The number of ether oxygens (including phenoxy) is 1. The van der Waals surface area contributed by atoms with Crippen molar-refractivity contribution in [2.45, 2.75) is 0 Å². The van der Waals surface area contributed by atoms with E-state index in [1.165, 1.54) is 99.6 Å². The van der Waals surface area contributed by atoms with Crippen molar-refractivity contribution < 1.29 is 9.84 Å². The first-order chi connectivity index (χ1) is 29.3. The molecule has 12 rings (SSSR count). The molecule has 10 aromatic carbocycles. The van der Waals surface area contributed by atoms with Crippen molar-refractivity contribution in [3.05, 3.63) is 158 Å². The summed E-state index contributed by atoms with van der Waals surface area (Å²) in [5, 5.41) is 30.5. The number of fused-ring (bicyclic) bond motifs is 18. The van der Waals surface area contributed by atoms with Crippen LogP contribution in [0.15, 0.2) is 158 Å². The van der Waals surface area contributed by atoms with E-state index in [0.29, 0.717) is 5.75 Å². The number of hydrogen-bond acceptors (Lipinski definition) is 4. The largest absolute Gasteiger partial charge is 0.508 e. The summed E-state index contributed by atoms with van der Waals surface area (Å²) in [6.07, 6.45) is 0. The first-order valence-corrected chi connectivity index (χ1v) is 24.4. The monoisotopic (exact) mass is 1050 g/mol. The summed E-state index contributed by atoms with van der Waals surface area (Å²) in [6.45, 7) is 0. The summed E-state index contributed by atoms with van der Waals surface area (Å²) in [5.74, 6) is 1.21. The zero-order valence-corrected chi connectivity index (χ0v) is 39.8. The highest BCUT2D eigenvalue weighted by Crippen LogP contribution is 2.44. The molecule has 10 heteroatoms. The molecule has 0 saturated carbocycles. The van der Waals surface area contributed by atoms with Gasteiger partial charge in [0.1, 0.15) is 11.5 Å². The van der Waals surface area contributed by atoms with Crippen LogP contribution in [-0.4, -0.2) is 20.7 Å². The summed E-state index contributed by atoms with van der Waals surface area (Å²) < 4.78 is 11.1. The molecule has 0 unspecified atom stereocenters. The lowest BCUT2D eigenvalue weighted by Crippen LogP contribution is -1.86. The molecule has 0 bridgehead atoms. The number of aromatic hydroxyl groups is 1. The standard InChI is InChI=1S/C25H16OS.C24H14OS.CH2Cl2.BBr3/c1-26-15-10-11-18-20(12-15)16-6-2-3-7-17(16)21-13-23-19-8-4-5-9-24(19)27-25(23)14-22(18)21;25-14-9-10-17-19(11-14)15-5-1-2-6-16(15)20-12-22-18-7-3-4-8-23(18)26-24(22)13-21(17)20;2-1-3;2-1(3)4/h2-14H,1H3;1-13,25H;1H2;. The Labute approximate surface area is 389 Å². The fourth-order valence-corrected chi connectivity index (χ4v) is 10.7. The van der Waals surface area contributed by atoms with Crippen molar-refractivity contribution >= 4 is 201 Å². The zero-order chi connectivity index (χ0) is 41.5. The number of halogens is 5. The molecule has 2 heterocycles. The van der Waals surface area contributed by atoms with Crippen LogP contribution in [0, 0.1) is 0 Å². The molecule has 2 aromatic heterocycles. The average molecular weight is 1050 g/mol. The SMILES string of the molecule is BrB(Br)Br.COc1ccc2c(c1)c1ccccc1c1cc3c(cc21)sc1ccccc13.ClCCl.Oc1ccc2c(c1)c1ccccc1c1cc3c(cc21)sc1ccccc13. The molecule has 0 saturated heterocycles. The number of methoxy groups -OCH3 is 1. The van der Waals surface area contributed by atoms with E-state index < -0.39 is 0 Å². The highest BCUT2D eigenvalue weighted by atomic mass is 79.9. The summed E-state index contributed by atoms with van der Waals surface area (Å²) in [6, 6.07) is 56.0. The fourth-order valence-electron chi connectivity index (χ4n) is 8.44. The fraction of sp³-hybridized carbons (Fsp3) is 0.0400. The van der Waals surface area contributed by atoms with E-state index in [2.05, 4.69) is 187 Å². The molecule has 60 heavy (non-hydrogen) atoms. The van der Waals surface area contributed by atoms with Crippen LogP contribution in [0.5, 0.6) is 11.5 Å². The minimum atomic E-state index is 0.194. The van der Waals surface area contributed by atoms with Gasteiger partial charge >= 0.3 is 3.18 Å². The van der Waals surface area contributed by atoms with E-state index in [4.69, 9.17) is 27.9 Å². The maximum Gasteiger partial charge on any atom is 0.369 e.